The van der Waals surface area contributed by atoms with Gasteiger partial charge in [-0.2, -0.15) is 10.2 Å². The number of halogens is 4. The summed E-state index contributed by atoms with van der Waals surface area (Å²) in [5, 5.41) is 11.3. The molecule has 1 amide bonds. The summed E-state index contributed by atoms with van der Waals surface area (Å²) >= 11 is 12.6. The van der Waals surface area contributed by atoms with E-state index in [2.05, 4.69) is 47.4 Å². The monoisotopic (exact) mass is 489 g/mol. The summed E-state index contributed by atoms with van der Waals surface area (Å²) in [7, 11) is 1.71. The van der Waals surface area contributed by atoms with Crippen molar-refractivity contribution in [2.45, 2.75) is 6.54 Å². The molecule has 0 fully saturated rings. The number of rotatable bonds is 4. The molecule has 2 heterocycles. The maximum Gasteiger partial charge on any atom is 0.278 e. The third-order valence-corrected chi connectivity index (χ3v) is 4.84. The minimum atomic E-state index is -0.415. The number of carbonyl (C=O) groups excluding carboxylic acids is 1. The number of hydrogen-bond donors (Lipinski definition) is 1. The Morgan fingerprint density at radius 1 is 1.28 bits per heavy atom. The molecule has 1 N–H and O–H groups in total. The second kappa shape index (κ2) is 7.27. The second-order valence-corrected chi connectivity index (χ2v) is 7.29. The lowest BCUT2D eigenvalue weighted by molar-refractivity contribution is 0.102. The summed E-state index contributed by atoms with van der Waals surface area (Å²) in [5.74, 6) is -0.528. The molecule has 0 aliphatic heterocycles. The van der Waals surface area contributed by atoms with Crippen LogP contribution in [0.25, 0.3) is 0 Å². The van der Waals surface area contributed by atoms with Crippen LogP contribution < -0.4 is 5.32 Å². The lowest BCUT2D eigenvalue weighted by Gasteiger charge is -2.06. The van der Waals surface area contributed by atoms with Crippen molar-refractivity contribution in [2.75, 3.05) is 5.32 Å². The maximum atomic E-state index is 13.9. The van der Waals surface area contributed by atoms with E-state index in [1.165, 1.54) is 21.5 Å². The van der Waals surface area contributed by atoms with Crippen LogP contribution in [0.15, 0.2) is 39.5 Å². The number of nitrogens with one attached hydrogen (secondary N) is 1. The minimum absolute atomic E-state index is 0.132. The zero-order valence-electron chi connectivity index (χ0n) is 12.8. The van der Waals surface area contributed by atoms with E-state index in [1.54, 1.807) is 25.5 Å². The molecule has 0 spiro atoms. The van der Waals surface area contributed by atoms with Crippen molar-refractivity contribution in [3.8, 4) is 0 Å². The van der Waals surface area contributed by atoms with E-state index >= 15 is 0 Å². The van der Waals surface area contributed by atoms with Crippen molar-refractivity contribution in [1.82, 2.24) is 19.6 Å². The topological polar surface area (TPSA) is 64.7 Å². The highest BCUT2D eigenvalue weighted by Gasteiger charge is 2.18. The molecular weight excluding hydrogens is 480 g/mol. The summed E-state index contributed by atoms with van der Waals surface area (Å²) in [6.45, 7) is 0.132. The van der Waals surface area contributed by atoms with E-state index in [1.807, 2.05) is 0 Å². The molecule has 10 heteroatoms. The molecule has 0 aliphatic rings. The number of aryl methyl sites for hydroxylation is 1. The third-order valence-electron chi connectivity index (χ3n) is 3.33. The standard InChI is InChI=1S/C15H11Br2ClFN5O/c1-23-6-9(16)13(21-23)15(25)20-14-10(17)7-24(22-14)5-8-11(18)3-2-4-12(8)19/h2-4,6-7H,5H2,1H3,(H,20,22,25). The predicted molar refractivity (Wildman–Crippen MR) is 99.3 cm³/mol. The molecule has 130 valence electrons. The van der Waals surface area contributed by atoms with Crippen LogP contribution in [0.3, 0.4) is 0 Å². The first-order valence-electron chi connectivity index (χ1n) is 7.01. The number of nitrogens with zero attached hydrogens (tertiary/aromatic N) is 4. The third kappa shape index (κ3) is 3.94. The van der Waals surface area contributed by atoms with Crippen molar-refractivity contribution >= 4 is 55.2 Å². The summed E-state index contributed by atoms with van der Waals surface area (Å²) < 4.78 is 18.0. The first-order chi connectivity index (χ1) is 11.8. The molecule has 0 radical (unpaired) electrons. The summed E-state index contributed by atoms with van der Waals surface area (Å²) in [5.41, 5.74) is 0.561. The highest BCUT2D eigenvalue weighted by Crippen LogP contribution is 2.25. The zero-order valence-corrected chi connectivity index (χ0v) is 16.7. The number of anilines is 1. The van der Waals surface area contributed by atoms with Crippen molar-refractivity contribution in [3.05, 3.63) is 61.6 Å². The second-order valence-electron chi connectivity index (χ2n) is 5.18. The van der Waals surface area contributed by atoms with Gasteiger partial charge in [-0.3, -0.25) is 14.2 Å². The predicted octanol–water partition coefficient (Wildman–Crippen LogP) is 4.23. The van der Waals surface area contributed by atoms with Gasteiger partial charge in [0.05, 0.1) is 15.5 Å². The molecule has 0 aliphatic carbocycles. The van der Waals surface area contributed by atoms with Gasteiger partial charge in [-0.1, -0.05) is 17.7 Å². The molecule has 25 heavy (non-hydrogen) atoms. The van der Waals surface area contributed by atoms with Crippen LogP contribution in [0.1, 0.15) is 16.1 Å². The fourth-order valence-corrected chi connectivity index (χ4v) is 3.38. The summed E-state index contributed by atoms with van der Waals surface area (Å²) in [6.07, 6.45) is 3.30. The Hall–Kier alpha value is -1.71. The van der Waals surface area contributed by atoms with Crippen molar-refractivity contribution in [3.63, 3.8) is 0 Å². The average Bonchev–Trinajstić information content (AvgIpc) is 3.05. The van der Waals surface area contributed by atoms with Gasteiger partial charge >= 0.3 is 0 Å². The van der Waals surface area contributed by atoms with Crippen LogP contribution in [0.4, 0.5) is 10.2 Å². The Morgan fingerprint density at radius 2 is 2.04 bits per heavy atom. The maximum absolute atomic E-state index is 13.9. The van der Waals surface area contributed by atoms with Gasteiger partial charge in [-0.05, 0) is 44.0 Å². The number of aromatic nitrogens is 4. The molecule has 0 atom stereocenters. The molecule has 0 saturated heterocycles. The van der Waals surface area contributed by atoms with Crippen molar-refractivity contribution < 1.29 is 9.18 Å². The minimum Gasteiger partial charge on any atom is -0.303 e. The number of hydrogen-bond acceptors (Lipinski definition) is 3. The Labute approximate surface area is 164 Å². The molecule has 3 rings (SSSR count). The SMILES string of the molecule is Cn1cc(Br)c(C(=O)Nc2nn(Cc3c(F)cccc3Cl)cc2Br)n1. The van der Waals surface area contributed by atoms with Gasteiger partial charge in [0.1, 0.15) is 5.82 Å². The van der Waals surface area contributed by atoms with E-state index in [0.29, 0.717) is 25.3 Å². The molecule has 2 aromatic heterocycles. The highest BCUT2D eigenvalue weighted by molar-refractivity contribution is 9.11. The number of benzene rings is 1. The van der Waals surface area contributed by atoms with Crippen LogP contribution in [-0.2, 0) is 13.6 Å². The Morgan fingerprint density at radius 3 is 2.68 bits per heavy atom. The number of carbonyl (C=O) groups is 1. The lowest BCUT2D eigenvalue weighted by Crippen LogP contribution is -2.15. The lowest BCUT2D eigenvalue weighted by atomic mass is 10.2. The molecule has 3 aromatic rings. The summed E-state index contributed by atoms with van der Waals surface area (Å²) in [6, 6.07) is 4.48. The van der Waals surface area contributed by atoms with Gasteiger partial charge in [-0.25, -0.2) is 4.39 Å². The largest absolute Gasteiger partial charge is 0.303 e. The van der Waals surface area contributed by atoms with Gasteiger partial charge < -0.3 is 5.32 Å². The zero-order chi connectivity index (χ0) is 18.1. The molecule has 0 saturated carbocycles. The van der Waals surface area contributed by atoms with Crippen LogP contribution in [0.5, 0.6) is 0 Å². The summed E-state index contributed by atoms with van der Waals surface area (Å²) in [4.78, 5) is 12.3. The van der Waals surface area contributed by atoms with Crippen LogP contribution >= 0.6 is 43.5 Å². The van der Waals surface area contributed by atoms with Crippen molar-refractivity contribution in [1.29, 1.82) is 0 Å². The van der Waals surface area contributed by atoms with Crippen LogP contribution in [-0.4, -0.2) is 25.5 Å². The van der Waals surface area contributed by atoms with Gasteiger partial charge in [0.15, 0.2) is 11.5 Å². The van der Waals surface area contributed by atoms with E-state index in [9.17, 15) is 9.18 Å². The Kier molecular flexibility index (Phi) is 5.26. The fraction of sp³-hybridized carbons (Fsp3) is 0.133. The highest BCUT2D eigenvalue weighted by atomic mass is 79.9. The average molecular weight is 492 g/mol. The van der Waals surface area contributed by atoms with Crippen LogP contribution in [0.2, 0.25) is 5.02 Å². The van der Waals surface area contributed by atoms with Gasteiger partial charge in [0, 0.05) is 30.0 Å². The molecule has 6 nitrogen and oxygen atoms in total. The Bertz CT molecular complexity index is 935. The Balaban J connectivity index is 1.81. The van der Waals surface area contributed by atoms with Crippen LogP contribution in [0, 0.1) is 5.82 Å². The van der Waals surface area contributed by atoms with E-state index < -0.39 is 11.7 Å². The molecule has 0 unspecified atom stereocenters. The molecule has 1 aromatic carbocycles. The fourth-order valence-electron chi connectivity index (χ4n) is 2.19. The van der Waals surface area contributed by atoms with E-state index in [4.69, 9.17) is 11.6 Å². The smallest absolute Gasteiger partial charge is 0.278 e. The number of amides is 1. The van der Waals surface area contributed by atoms with Gasteiger partial charge in [-0.15, -0.1) is 0 Å². The van der Waals surface area contributed by atoms with E-state index in [0.717, 1.165) is 0 Å². The molecule has 0 bridgehead atoms. The van der Waals surface area contributed by atoms with Gasteiger partial charge in [0.2, 0.25) is 0 Å². The quantitative estimate of drug-likeness (QED) is 0.594. The first-order valence-corrected chi connectivity index (χ1v) is 8.98. The van der Waals surface area contributed by atoms with E-state index in [-0.39, 0.29) is 12.2 Å². The first kappa shape index (κ1) is 18.1. The normalized spacial score (nSPS) is 10.9. The van der Waals surface area contributed by atoms with Gasteiger partial charge in [0.25, 0.3) is 5.91 Å². The van der Waals surface area contributed by atoms with Crippen molar-refractivity contribution in [2.24, 2.45) is 7.05 Å². The molecular formula is C15H11Br2ClFN5O.